The summed E-state index contributed by atoms with van der Waals surface area (Å²) < 4.78 is 16.2. The largest absolute Gasteiger partial charge is 0.484 e. The van der Waals surface area contributed by atoms with Crippen LogP contribution in [0.15, 0.2) is 47.4 Å². The number of halogens is 1. The lowest BCUT2D eigenvalue weighted by atomic mass is 10.2. The molecule has 2 amide bonds. The number of nitrogens with zero attached hydrogens (tertiary/aromatic N) is 1. The number of fused-ring (bicyclic) bond motifs is 1. The third-order valence-electron chi connectivity index (χ3n) is 3.91. The standard InChI is InChI=1S/C19H13ClN2O5S2/c20-12-2-4-13(5-3-12)25-9-17(23)21-22-18(24)16(29-19(22)28)8-11-1-6-14-15(7-11)27-10-26-14/h1-8H,9-10H2,(H,21,23)/b16-8+. The molecule has 0 aliphatic carbocycles. The Morgan fingerprint density at radius 1 is 1.24 bits per heavy atom. The molecule has 2 heterocycles. The number of carbonyl (C=O) groups is 2. The van der Waals surface area contributed by atoms with E-state index >= 15 is 0 Å². The molecule has 2 aromatic carbocycles. The van der Waals surface area contributed by atoms with E-state index in [0.717, 1.165) is 22.3 Å². The topological polar surface area (TPSA) is 77.1 Å². The Bertz CT molecular complexity index is 1030. The molecule has 7 nitrogen and oxygen atoms in total. The third kappa shape index (κ3) is 4.47. The van der Waals surface area contributed by atoms with Gasteiger partial charge in [-0.3, -0.25) is 15.0 Å². The zero-order valence-electron chi connectivity index (χ0n) is 14.7. The molecule has 1 N–H and O–H groups in total. The predicted molar refractivity (Wildman–Crippen MR) is 113 cm³/mol. The van der Waals surface area contributed by atoms with Gasteiger partial charge in [0.05, 0.1) is 4.91 Å². The molecule has 1 saturated heterocycles. The number of ether oxygens (including phenoxy) is 3. The van der Waals surface area contributed by atoms with Crippen molar-refractivity contribution in [2.45, 2.75) is 0 Å². The van der Waals surface area contributed by atoms with Crippen LogP contribution in [0.1, 0.15) is 5.56 Å². The van der Waals surface area contributed by atoms with E-state index in [4.69, 9.17) is 38.0 Å². The maximum atomic E-state index is 12.6. The molecule has 0 unspecified atom stereocenters. The summed E-state index contributed by atoms with van der Waals surface area (Å²) in [5.41, 5.74) is 3.22. The molecule has 2 aliphatic rings. The Hall–Kier alpha value is -2.75. The molecule has 4 rings (SSSR count). The highest BCUT2D eigenvalue weighted by Crippen LogP contribution is 2.35. The van der Waals surface area contributed by atoms with Gasteiger partial charge in [0.1, 0.15) is 5.75 Å². The summed E-state index contributed by atoms with van der Waals surface area (Å²) in [4.78, 5) is 25.2. The summed E-state index contributed by atoms with van der Waals surface area (Å²) in [5, 5.41) is 1.60. The number of thiocarbonyl (C=S) groups is 1. The van der Waals surface area contributed by atoms with Crippen molar-refractivity contribution in [3.63, 3.8) is 0 Å². The van der Waals surface area contributed by atoms with Crippen molar-refractivity contribution in [3.8, 4) is 17.2 Å². The fraction of sp³-hybridized carbons (Fsp3) is 0.105. The summed E-state index contributed by atoms with van der Waals surface area (Å²) in [7, 11) is 0. The van der Waals surface area contributed by atoms with Gasteiger partial charge >= 0.3 is 0 Å². The lowest BCUT2D eigenvalue weighted by Crippen LogP contribution is -2.46. The number of hydrogen-bond donors (Lipinski definition) is 1. The molecule has 2 aliphatic heterocycles. The van der Waals surface area contributed by atoms with Crippen LogP contribution in [0.4, 0.5) is 0 Å². The lowest BCUT2D eigenvalue weighted by molar-refractivity contribution is -0.134. The minimum atomic E-state index is -0.513. The Labute approximate surface area is 180 Å². The second-order valence-electron chi connectivity index (χ2n) is 5.91. The SMILES string of the molecule is O=C(COc1ccc(Cl)cc1)NN1C(=O)/C(=C\c2ccc3c(c2)OCO3)SC1=S. The monoisotopic (exact) mass is 448 g/mol. The molecular weight excluding hydrogens is 436 g/mol. The highest BCUT2D eigenvalue weighted by atomic mass is 35.5. The van der Waals surface area contributed by atoms with Gasteiger partial charge in [-0.15, -0.1) is 0 Å². The number of rotatable bonds is 5. The van der Waals surface area contributed by atoms with Crippen LogP contribution in [0.3, 0.4) is 0 Å². The Kier molecular flexibility index (Phi) is 5.61. The van der Waals surface area contributed by atoms with Crippen LogP contribution in [0.2, 0.25) is 5.02 Å². The van der Waals surface area contributed by atoms with Gasteiger partial charge in [0.2, 0.25) is 6.79 Å². The van der Waals surface area contributed by atoms with Gasteiger partial charge in [-0.2, -0.15) is 5.01 Å². The first-order chi connectivity index (χ1) is 14.0. The van der Waals surface area contributed by atoms with Crippen LogP contribution in [-0.2, 0) is 9.59 Å². The van der Waals surface area contributed by atoms with E-state index in [1.807, 2.05) is 0 Å². The summed E-state index contributed by atoms with van der Waals surface area (Å²) in [6, 6.07) is 11.9. The Morgan fingerprint density at radius 3 is 2.79 bits per heavy atom. The molecule has 0 radical (unpaired) electrons. The van der Waals surface area contributed by atoms with Gasteiger partial charge in [-0.25, -0.2) is 0 Å². The highest BCUT2D eigenvalue weighted by Gasteiger charge is 2.33. The van der Waals surface area contributed by atoms with Crippen LogP contribution in [0.25, 0.3) is 6.08 Å². The molecule has 0 atom stereocenters. The van der Waals surface area contributed by atoms with E-state index in [9.17, 15) is 9.59 Å². The number of hydrazine groups is 1. The highest BCUT2D eigenvalue weighted by molar-refractivity contribution is 8.26. The molecule has 2 aromatic rings. The molecule has 0 bridgehead atoms. The van der Waals surface area contributed by atoms with E-state index in [1.165, 1.54) is 0 Å². The van der Waals surface area contributed by atoms with Crippen molar-refractivity contribution in [3.05, 3.63) is 58.0 Å². The van der Waals surface area contributed by atoms with Crippen LogP contribution in [-0.4, -0.2) is 34.5 Å². The molecule has 148 valence electrons. The van der Waals surface area contributed by atoms with Gasteiger partial charge in [-0.05, 0) is 60.3 Å². The minimum absolute atomic E-state index is 0.172. The minimum Gasteiger partial charge on any atom is -0.484 e. The van der Waals surface area contributed by atoms with Crippen molar-refractivity contribution in [2.24, 2.45) is 0 Å². The summed E-state index contributed by atoms with van der Waals surface area (Å²) in [5.74, 6) is 0.820. The number of carbonyl (C=O) groups excluding carboxylic acids is 2. The van der Waals surface area contributed by atoms with E-state index in [2.05, 4.69) is 5.43 Å². The quantitative estimate of drug-likeness (QED) is 0.555. The van der Waals surface area contributed by atoms with E-state index in [0.29, 0.717) is 27.2 Å². The van der Waals surface area contributed by atoms with Crippen LogP contribution in [0.5, 0.6) is 17.2 Å². The number of thioether (sulfide) groups is 1. The molecule has 29 heavy (non-hydrogen) atoms. The van der Waals surface area contributed by atoms with Crippen LogP contribution in [0, 0.1) is 0 Å². The summed E-state index contributed by atoms with van der Waals surface area (Å²) in [6.07, 6.45) is 1.68. The number of nitrogens with one attached hydrogen (secondary N) is 1. The second kappa shape index (κ2) is 8.32. The molecule has 10 heteroatoms. The van der Waals surface area contributed by atoms with E-state index in [1.54, 1.807) is 48.5 Å². The van der Waals surface area contributed by atoms with E-state index in [-0.39, 0.29) is 17.7 Å². The number of benzene rings is 2. The van der Waals surface area contributed by atoms with Crippen molar-refractivity contribution in [2.75, 3.05) is 13.4 Å². The van der Waals surface area contributed by atoms with Crippen LogP contribution >= 0.6 is 35.6 Å². The van der Waals surface area contributed by atoms with Gasteiger partial charge in [0.15, 0.2) is 22.4 Å². The normalized spacial score (nSPS) is 16.4. The van der Waals surface area contributed by atoms with Crippen molar-refractivity contribution in [1.29, 1.82) is 0 Å². The zero-order chi connectivity index (χ0) is 20.4. The fourth-order valence-electron chi connectivity index (χ4n) is 2.56. The first kappa shape index (κ1) is 19.6. The maximum absolute atomic E-state index is 12.6. The molecule has 1 fully saturated rings. The number of amides is 2. The average Bonchev–Trinajstić information content (AvgIpc) is 3.27. The Morgan fingerprint density at radius 2 is 2.00 bits per heavy atom. The van der Waals surface area contributed by atoms with Crippen LogP contribution < -0.4 is 19.6 Å². The van der Waals surface area contributed by atoms with Crippen molar-refractivity contribution in [1.82, 2.24) is 10.4 Å². The van der Waals surface area contributed by atoms with Gasteiger partial charge in [0.25, 0.3) is 11.8 Å². The number of hydrogen-bond acceptors (Lipinski definition) is 7. The van der Waals surface area contributed by atoms with Gasteiger partial charge < -0.3 is 14.2 Å². The predicted octanol–water partition coefficient (Wildman–Crippen LogP) is 3.38. The van der Waals surface area contributed by atoms with E-state index < -0.39 is 11.8 Å². The van der Waals surface area contributed by atoms with Crippen molar-refractivity contribution >= 4 is 57.8 Å². The fourth-order valence-corrected chi connectivity index (χ4v) is 3.86. The summed E-state index contributed by atoms with van der Waals surface area (Å²) >= 11 is 12.1. The Balaban J connectivity index is 1.38. The maximum Gasteiger partial charge on any atom is 0.285 e. The zero-order valence-corrected chi connectivity index (χ0v) is 17.1. The van der Waals surface area contributed by atoms with Gasteiger partial charge in [0, 0.05) is 5.02 Å². The second-order valence-corrected chi connectivity index (χ2v) is 8.02. The lowest BCUT2D eigenvalue weighted by Gasteiger charge is -2.15. The molecule has 0 spiro atoms. The first-order valence-corrected chi connectivity index (χ1v) is 9.95. The third-order valence-corrected chi connectivity index (χ3v) is 5.46. The smallest absolute Gasteiger partial charge is 0.285 e. The van der Waals surface area contributed by atoms with Gasteiger partial charge in [-0.1, -0.05) is 29.4 Å². The summed E-state index contributed by atoms with van der Waals surface area (Å²) in [6.45, 7) is -0.106. The van der Waals surface area contributed by atoms with Crippen molar-refractivity contribution < 1.29 is 23.8 Å². The average molecular weight is 449 g/mol. The molecular formula is C19H13ClN2O5S2. The molecule has 0 aromatic heterocycles. The first-order valence-electron chi connectivity index (χ1n) is 8.35. The molecule has 0 saturated carbocycles.